The van der Waals surface area contributed by atoms with Crippen molar-refractivity contribution in [1.29, 1.82) is 0 Å². The summed E-state index contributed by atoms with van der Waals surface area (Å²) in [4.78, 5) is 4.15. The first kappa shape index (κ1) is 13.1. The highest BCUT2D eigenvalue weighted by Gasteiger charge is 2.21. The summed E-state index contributed by atoms with van der Waals surface area (Å²) in [5.41, 5.74) is 2.65. The van der Waals surface area contributed by atoms with E-state index in [0.29, 0.717) is 24.4 Å². The van der Waals surface area contributed by atoms with Gasteiger partial charge in [-0.15, -0.1) is 0 Å². The molecule has 1 aromatic heterocycles. The van der Waals surface area contributed by atoms with Gasteiger partial charge in [0.2, 0.25) is 0 Å². The van der Waals surface area contributed by atoms with Crippen LogP contribution in [-0.4, -0.2) is 17.2 Å². The second kappa shape index (κ2) is 5.63. The lowest BCUT2D eigenvalue weighted by molar-refractivity contribution is 0.239. The largest absolute Gasteiger partial charge is 0.483 e. The molecule has 20 heavy (non-hydrogen) atoms. The first-order valence-corrected chi connectivity index (χ1v) is 6.99. The van der Waals surface area contributed by atoms with Crippen LogP contribution in [0.3, 0.4) is 0 Å². The summed E-state index contributed by atoms with van der Waals surface area (Å²) in [6, 6.07) is 6.66. The molecule has 1 atom stereocenters. The van der Waals surface area contributed by atoms with Crippen LogP contribution in [0, 0.1) is 6.92 Å². The van der Waals surface area contributed by atoms with E-state index in [4.69, 9.17) is 9.26 Å². The van der Waals surface area contributed by atoms with Gasteiger partial charge in [0.25, 0.3) is 5.89 Å². The van der Waals surface area contributed by atoms with E-state index in [0.717, 1.165) is 12.2 Å². The van der Waals surface area contributed by atoms with Crippen molar-refractivity contribution in [3.63, 3.8) is 0 Å². The molecule has 5 heteroatoms. The van der Waals surface area contributed by atoms with E-state index in [9.17, 15) is 0 Å². The molecule has 0 aliphatic heterocycles. The summed E-state index contributed by atoms with van der Waals surface area (Å²) in [6.07, 6.45) is 3.42. The van der Waals surface area contributed by atoms with E-state index in [2.05, 4.69) is 21.5 Å². The van der Waals surface area contributed by atoms with Gasteiger partial charge in [-0.2, -0.15) is 4.98 Å². The van der Waals surface area contributed by atoms with Gasteiger partial charge < -0.3 is 14.6 Å². The van der Waals surface area contributed by atoms with Crippen LogP contribution in [0.15, 0.2) is 22.7 Å². The smallest absolute Gasteiger partial charge is 0.264 e. The average molecular weight is 273 g/mol. The maximum Gasteiger partial charge on any atom is 0.264 e. The van der Waals surface area contributed by atoms with Crippen LogP contribution in [0.5, 0.6) is 5.75 Å². The summed E-state index contributed by atoms with van der Waals surface area (Å²) in [6.45, 7) is 2.12. The molecule has 0 saturated heterocycles. The molecule has 1 unspecified atom stereocenters. The highest BCUT2D eigenvalue weighted by atomic mass is 16.5. The number of nitrogens with zero attached hydrogens (tertiary/aromatic N) is 2. The Bertz CT molecular complexity index is 595. The van der Waals surface area contributed by atoms with Crippen LogP contribution in [-0.2, 0) is 13.0 Å². The number of aromatic nitrogens is 2. The van der Waals surface area contributed by atoms with Crippen molar-refractivity contribution in [2.75, 3.05) is 7.05 Å². The van der Waals surface area contributed by atoms with Crippen LogP contribution in [0.25, 0.3) is 0 Å². The Hall–Kier alpha value is -1.88. The van der Waals surface area contributed by atoms with Crippen molar-refractivity contribution in [2.45, 2.75) is 38.8 Å². The number of hydrogen-bond acceptors (Lipinski definition) is 5. The Morgan fingerprint density at radius 2 is 2.35 bits per heavy atom. The third-order valence-corrected chi connectivity index (χ3v) is 3.73. The van der Waals surface area contributed by atoms with Crippen molar-refractivity contribution in [1.82, 2.24) is 15.5 Å². The van der Waals surface area contributed by atoms with Crippen LogP contribution >= 0.6 is 0 Å². The molecule has 1 aliphatic carbocycles. The minimum Gasteiger partial charge on any atom is -0.483 e. The van der Waals surface area contributed by atoms with Crippen molar-refractivity contribution < 1.29 is 9.26 Å². The lowest BCUT2D eigenvalue weighted by Gasteiger charge is -2.26. The maximum absolute atomic E-state index is 5.87. The van der Waals surface area contributed by atoms with Crippen molar-refractivity contribution in [3.8, 4) is 5.75 Å². The highest BCUT2D eigenvalue weighted by Crippen LogP contribution is 2.35. The number of hydrogen-bond donors (Lipinski definition) is 1. The van der Waals surface area contributed by atoms with Gasteiger partial charge >= 0.3 is 0 Å². The summed E-state index contributed by atoms with van der Waals surface area (Å²) < 4.78 is 10.9. The van der Waals surface area contributed by atoms with Gasteiger partial charge in [0.15, 0.2) is 12.4 Å². The van der Waals surface area contributed by atoms with Crippen molar-refractivity contribution >= 4 is 0 Å². The lowest BCUT2D eigenvalue weighted by Crippen LogP contribution is -2.22. The number of nitrogens with one attached hydrogen (secondary N) is 1. The minimum atomic E-state index is 0.321. The second-order valence-electron chi connectivity index (χ2n) is 5.08. The first-order valence-electron chi connectivity index (χ1n) is 6.99. The van der Waals surface area contributed by atoms with Crippen LogP contribution in [0.2, 0.25) is 0 Å². The molecule has 1 aliphatic rings. The molecule has 0 fully saturated rings. The first-order chi connectivity index (χ1) is 9.78. The van der Waals surface area contributed by atoms with Gasteiger partial charge in [-0.25, -0.2) is 0 Å². The monoisotopic (exact) mass is 273 g/mol. The Labute approximate surface area is 118 Å². The number of aryl methyl sites for hydroxylation is 1. The Morgan fingerprint density at radius 3 is 3.10 bits per heavy atom. The fraction of sp³-hybridized carbons (Fsp3) is 0.467. The van der Waals surface area contributed by atoms with E-state index in [1.807, 2.05) is 19.2 Å². The topological polar surface area (TPSA) is 60.2 Å². The molecule has 0 spiro atoms. The van der Waals surface area contributed by atoms with Gasteiger partial charge in [-0.05, 0) is 50.4 Å². The molecular weight excluding hydrogens is 254 g/mol. The molecule has 5 nitrogen and oxygen atoms in total. The van der Waals surface area contributed by atoms with E-state index in [1.54, 1.807) is 6.92 Å². The quantitative estimate of drug-likeness (QED) is 0.927. The normalized spacial score (nSPS) is 17.8. The maximum atomic E-state index is 5.87. The fourth-order valence-corrected chi connectivity index (χ4v) is 2.79. The molecular formula is C15H19N3O2. The Morgan fingerprint density at radius 1 is 1.45 bits per heavy atom. The van der Waals surface area contributed by atoms with Crippen LogP contribution in [0.4, 0.5) is 0 Å². The molecule has 1 heterocycles. The fourth-order valence-electron chi connectivity index (χ4n) is 2.79. The van der Waals surface area contributed by atoms with Gasteiger partial charge in [0.05, 0.1) is 0 Å². The predicted octanol–water partition coefficient (Wildman–Crippen LogP) is 2.55. The zero-order chi connectivity index (χ0) is 13.9. The number of ether oxygens (including phenoxy) is 1. The third kappa shape index (κ3) is 2.54. The van der Waals surface area contributed by atoms with Crippen LogP contribution in [0.1, 0.15) is 41.7 Å². The molecule has 106 valence electrons. The van der Waals surface area contributed by atoms with E-state index in [-0.39, 0.29) is 0 Å². The standard InChI is InChI=1S/C15H19N3O2/c1-10-17-15(20-18-10)9-19-14-8-4-5-11-12(14)6-3-7-13(11)16-2/h4-5,8,13,16H,3,6-7,9H2,1-2H3. The average Bonchev–Trinajstić information content (AvgIpc) is 2.90. The van der Waals surface area contributed by atoms with E-state index >= 15 is 0 Å². The molecule has 0 bridgehead atoms. The molecule has 0 amide bonds. The van der Waals surface area contributed by atoms with E-state index in [1.165, 1.54) is 24.0 Å². The molecule has 0 radical (unpaired) electrons. The van der Waals surface area contributed by atoms with Crippen molar-refractivity contribution in [2.24, 2.45) is 0 Å². The Kier molecular flexibility index (Phi) is 3.69. The zero-order valence-electron chi connectivity index (χ0n) is 11.8. The second-order valence-corrected chi connectivity index (χ2v) is 5.08. The molecule has 2 aromatic rings. The molecule has 1 N–H and O–H groups in total. The molecule has 0 saturated carbocycles. The summed E-state index contributed by atoms with van der Waals surface area (Å²) in [7, 11) is 2.01. The number of benzene rings is 1. The molecule has 1 aromatic carbocycles. The molecule has 3 rings (SSSR count). The van der Waals surface area contributed by atoms with E-state index < -0.39 is 0 Å². The summed E-state index contributed by atoms with van der Waals surface area (Å²) in [5.74, 6) is 2.08. The SMILES string of the molecule is CNC1CCCc2c(OCc3nc(C)no3)cccc21. The summed E-state index contributed by atoms with van der Waals surface area (Å²) >= 11 is 0. The zero-order valence-corrected chi connectivity index (χ0v) is 11.8. The van der Waals surface area contributed by atoms with Gasteiger partial charge in [-0.1, -0.05) is 17.3 Å². The van der Waals surface area contributed by atoms with Gasteiger partial charge in [-0.3, -0.25) is 0 Å². The summed E-state index contributed by atoms with van der Waals surface area (Å²) in [5, 5.41) is 7.13. The predicted molar refractivity (Wildman–Crippen MR) is 74.5 cm³/mol. The minimum absolute atomic E-state index is 0.321. The number of fused-ring (bicyclic) bond motifs is 1. The lowest BCUT2D eigenvalue weighted by atomic mass is 9.87. The highest BCUT2D eigenvalue weighted by molar-refractivity contribution is 5.43. The number of rotatable bonds is 4. The van der Waals surface area contributed by atoms with Gasteiger partial charge in [0.1, 0.15) is 5.75 Å². The Balaban J connectivity index is 1.80. The third-order valence-electron chi connectivity index (χ3n) is 3.73. The van der Waals surface area contributed by atoms with Crippen LogP contribution < -0.4 is 10.1 Å². The van der Waals surface area contributed by atoms with Gasteiger partial charge in [0, 0.05) is 6.04 Å². The van der Waals surface area contributed by atoms with Crippen molar-refractivity contribution in [3.05, 3.63) is 41.0 Å².